The van der Waals surface area contributed by atoms with Gasteiger partial charge in [0, 0.05) is 0 Å². The van der Waals surface area contributed by atoms with Crippen LogP contribution in [0.15, 0.2) is 0 Å². The number of rotatable bonds is 0. The number of hydrogen-bond acceptors (Lipinski definition) is 4. The molecule has 0 aliphatic carbocycles. The quantitative estimate of drug-likeness (QED) is 0.427. The van der Waals surface area contributed by atoms with Crippen molar-refractivity contribution in [1.82, 2.24) is 0 Å². The summed E-state index contributed by atoms with van der Waals surface area (Å²) >= 11 is 0. The molecular weight excluding hydrogens is 180 g/mol. The molecule has 0 atom stereocenters. The lowest BCUT2D eigenvalue weighted by molar-refractivity contribution is 1.93. The van der Waals surface area contributed by atoms with Crippen molar-refractivity contribution in [2.24, 2.45) is 22.0 Å². The van der Waals surface area contributed by atoms with Crippen molar-refractivity contribution in [3.05, 3.63) is 0 Å². The van der Waals surface area contributed by atoms with Crippen LogP contribution in [-0.2, 0) is 0 Å². The maximum absolute atomic E-state index is 5.56. The van der Waals surface area contributed by atoms with E-state index >= 15 is 0 Å². The molecule has 0 aromatic heterocycles. The molecule has 1 heterocycles. The molecule has 1 saturated heterocycles. The fourth-order valence-electron chi connectivity index (χ4n) is 0.344. The molecular formula is H8N4P4. The second-order valence-electron chi connectivity index (χ2n) is 1.28. The first kappa shape index (κ1) is 7.66. The summed E-state index contributed by atoms with van der Waals surface area (Å²) < 4.78 is 0. The first-order chi connectivity index (χ1) is 3.64. The molecule has 0 saturated carbocycles. The normalized spacial score (nSPS) is 55.5. The molecule has 1 fully saturated rings. The summed E-state index contributed by atoms with van der Waals surface area (Å²) in [4.78, 5) is 0. The van der Waals surface area contributed by atoms with E-state index in [9.17, 15) is 0 Å². The second kappa shape index (κ2) is 2.66. The maximum atomic E-state index is 5.56. The van der Waals surface area contributed by atoms with E-state index in [1.807, 2.05) is 0 Å². The van der Waals surface area contributed by atoms with Gasteiger partial charge in [0.15, 0.2) is 0 Å². The Morgan fingerprint density at radius 1 is 0.500 bits per heavy atom. The second-order valence-corrected chi connectivity index (χ2v) is 18.0. The summed E-state index contributed by atoms with van der Waals surface area (Å²) in [5.41, 5.74) is 22.3. The lowest BCUT2D eigenvalue weighted by atomic mass is 13.9. The minimum Gasteiger partial charge on any atom is -0.300 e. The van der Waals surface area contributed by atoms with E-state index in [0.29, 0.717) is 0 Å². The largest absolute Gasteiger partial charge is 0.300 e. The smallest absolute Gasteiger partial charge is 0.0523 e. The molecule has 1 aliphatic heterocycles. The molecule has 1 aliphatic rings. The topological polar surface area (TPSA) is 104 Å². The molecule has 4 nitrogen and oxygen atoms in total. The third kappa shape index (κ3) is 1.06. The van der Waals surface area contributed by atoms with Crippen LogP contribution in [0, 0.1) is 0 Å². The first-order valence-corrected chi connectivity index (χ1v) is 10.3. The average molecular weight is 188 g/mol. The van der Waals surface area contributed by atoms with Crippen molar-refractivity contribution >= 4 is 29.8 Å². The molecule has 1 rings (SSSR count). The van der Waals surface area contributed by atoms with Crippen LogP contribution in [0.5, 0.6) is 0 Å². The third-order valence-corrected chi connectivity index (χ3v) is 26.5. The van der Waals surface area contributed by atoms with Crippen LogP contribution in [0.25, 0.3) is 0 Å². The van der Waals surface area contributed by atoms with E-state index in [4.69, 9.17) is 22.0 Å². The molecule has 0 amide bonds. The summed E-state index contributed by atoms with van der Waals surface area (Å²) in [6.45, 7) is 0. The zero-order chi connectivity index (χ0) is 6.31. The minimum absolute atomic E-state index is 0.490. The van der Waals surface area contributed by atoms with Gasteiger partial charge in [0.2, 0.25) is 0 Å². The Morgan fingerprint density at radius 3 is 0.750 bits per heavy atom. The predicted molar refractivity (Wildman–Crippen MR) is 44.4 cm³/mol. The van der Waals surface area contributed by atoms with Gasteiger partial charge in [-0.05, 0) is 0 Å². The van der Waals surface area contributed by atoms with Crippen molar-refractivity contribution in [2.45, 2.75) is 0 Å². The summed E-state index contributed by atoms with van der Waals surface area (Å²) in [5.74, 6) is 0. The SMILES string of the molecule is NP1P(N)P(N)P1N. The highest BCUT2D eigenvalue weighted by molar-refractivity contribution is 9.07. The van der Waals surface area contributed by atoms with Crippen LogP contribution in [-0.4, -0.2) is 0 Å². The summed E-state index contributed by atoms with van der Waals surface area (Å²) in [5, 5.41) is 0. The van der Waals surface area contributed by atoms with Gasteiger partial charge in [0.25, 0.3) is 0 Å². The van der Waals surface area contributed by atoms with Crippen LogP contribution in [0.2, 0.25) is 0 Å². The van der Waals surface area contributed by atoms with Crippen LogP contribution >= 0.6 is 29.8 Å². The Labute approximate surface area is 52.5 Å². The number of hydrogen-bond donors (Lipinski definition) is 4. The lowest BCUT2D eigenvalue weighted by Crippen LogP contribution is -2.08. The molecule has 8 heavy (non-hydrogen) atoms. The molecule has 8 N–H and O–H groups in total. The van der Waals surface area contributed by atoms with Gasteiger partial charge in [-0.15, -0.1) is 0 Å². The van der Waals surface area contributed by atoms with E-state index in [-0.39, 0.29) is 0 Å². The van der Waals surface area contributed by atoms with Crippen LogP contribution in [0.1, 0.15) is 0 Å². The van der Waals surface area contributed by atoms with Crippen LogP contribution in [0.4, 0.5) is 0 Å². The van der Waals surface area contributed by atoms with Crippen LogP contribution < -0.4 is 22.0 Å². The van der Waals surface area contributed by atoms with Gasteiger partial charge in [-0.3, -0.25) is 0 Å². The zero-order valence-corrected chi connectivity index (χ0v) is 7.68. The van der Waals surface area contributed by atoms with Crippen LogP contribution in [0.3, 0.4) is 0 Å². The highest BCUT2D eigenvalue weighted by atomic mass is 33.0. The molecule has 48 valence electrons. The molecule has 0 unspecified atom stereocenters. The van der Waals surface area contributed by atoms with Gasteiger partial charge in [0.05, 0.1) is 29.8 Å². The number of nitrogens with two attached hydrogens (primary N) is 4. The van der Waals surface area contributed by atoms with Crippen molar-refractivity contribution in [2.75, 3.05) is 0 Å². The molecule has 0 aromatic rings. The Bertz CT molecular complexity index is 62.0. The standard InChI is InChI=1S/H8N4P4/c1-5-6(2)8(4)7(5)3/h1-4H2. The molecule has 8 heteroatoms. The Hall–Kier alpha value is 1.56. The van der Waals surface area contributed by atoms with Gasteiger partial charge in [-0.1, -0.05) is 0 Å². The highest BCUT2D eigenvalue weighted by Crippen LogP contribution is 3.11. The van der Waals surface area contributed by atoms with Gasteiger partial charge >= 0.3 is 0 Å². The van der Waals surface area contributed by atoms with Crippen molar-refractivity contribution in [3.8, 4) is 0 Å². The lowest BCUT2D eigenvalue weighted by Gasteiger charge is -2.42. The summed E-state index contributed by atoms with van der Waals surface area (Å²) in [6, 6.07) is 0. The molecule has 0 spiro atoms. The Morgan fingerprint density at radius 2 is 0.625 bits per heavy atom. The highest BCUT2D eigenvalue weighted by Gasteiger charge is 2.42. The van der Waals surface area contributed by atoms with Gasteiger partial charge in [0.1, 0.15) is 0 Å². The average Bonchev–Trinajstić information content (AvgIpc) is 1.83. The van der Waals surface area contributed by atoms with E-state index < -0.39 is 29.8 Å². The molecule has 0 aromatic carbocycles. The Kier molecular flexibility index (Phi) is 2.55. The summed E-state index contributed by atoms with van der Waals surface area (Å²) in [7, 11) is -1.96. The van der Waals surface area contributed by atoms with Crippen molar-refractivity contribution in [3.63, 3.8) is 0 Å². The molecule has 0 bridgehead atoms. The first-order valence-electron chi connectivity index (χ1n) is 1.83. The fourth-order valence-corrected chi connectivity index (χ4v) is 21.4. The zero-order valence-electron chi connectivity index (χ0n) is 4.10. The van der Waals surface area contributed by atoms with Gasteiger partial charge in [-0.2, -0.15) is 0 Å². The third-order valence-electron chi connectivity index (χ3n) is 0.840. The van der Waals surface area contributed by atoms with Gasteiger partial charge < -0.3 is 22.0 Å². The van der Waals surface area contributed by atoms with Gasteiger partial charge in [-0.25, -0.2) is 0 Å². The van der Waals surface area contributed by atoms with E-state index in [2.05, 4.69) is 0 Å². The fraction of sp³-hybridized carbons (Fsp3) is 0. The predicted octanol–water partition coefficient (Wildman–Crippen LogP) is 1.08. The minimum atomic E-state index is -0.490. The van der Waals surface area contributed by atoms with E-state index in [1.54, 1.807) is 0 Å². The summed E-state index contributed by atoms with van der Waals surface area (Å²) in [6.07, 6.45) is 0. The monoisotopic (exact) mass is 188 g/mol. The van der Waals surface area contributed by atoms with E-state index in [0.717, 1.165) is 0 Å². The molecule has 0 radical (unpaired) electrons. The van der Waals surface area contributed by atoms with Crippen molar-refractivity contribution < 1.29 is 0 Å². The van der Waals surface area contributed by atoms with E-state index in [1.165, 1.54) is 0 Å². The van der Waals surface area contributed by atoms with Crippen molar-refractivity contribution in [1.29, 1.82) is 0 Å². The Balaban J connectivity index is 2.42. The maximum Gasteiger partial charge on any atom is 0.0523 e.